The molecule has 0 atom stereocenters. The normalized spacial score (nSPS) is 10.8. The van der Waals surface area contributed by atoms with Crippen LogP contribution in [0.5, 0.6) is 5.75 Å². The molecule has 0 spiro atoms. The lowest BCUT2D eigenvalue weighted by molar-refractivity contribution is 0.0946. The Hall–Kier alpha value is -3.47. The number of nitrogens with one attached hydrogen (secondary N) is 1. The Bertz CT molecular complexity index is 1100. The third kappa shape index (κ3) is 3.07. The van der Waals surface area contributed by atoms with Crippen molar-refractivity contribution in [2.75, 3.05) is 7.11 Å². The minimum absolute atomic E-state index is 0.212. The monoisotopic (exact) mass is 343 g/mol. The van der Waals surface area contributed by atoms with E-state index in [0.29, 0.717) is 12.2 Å². The molecule has 0 radical (unpaired) electrons. The van der Waals surface area contributed by atoms with Gasteiger partial charge in [0.05, 0.1) is 18.1 Å². The highest BCUT2D eigenvalue weighted by atomic mass is 16.5. The summed E-state index contributed by atoms with van der Waals surface area (Å²) < 4.78 is 5.21. The lowest BCUT2D eigenvalue weighted by atomic mass is 10.1. The van der Waals surface area contributed by atoms with E-state index in [2.05, 4.69) is 15.3 Å². The number of methoxy groups -OCH3 is 1. The molecule has 4 rings (SSSR count). The van der Waals surface area contributed by atoms with Crippen molar-refractivity contribution in [2.45, 2.75) is 6.54 Å². The highest BCUT2D eigenvalue weighted by molar-refractivity contribution is 5.95. The van der Waals surface area contributed by atoms with Crippen LogP contribution in [-0.2, 0) is 6.54 Å². The lowest BCUT2D eigenvalue weighted by Gasteiger charge is -2.08. The minimum Gasteiger partial charge on any atom is -0.497 e. The van der Waals surface area contributed by atoms with E-state index >= 15 is 0 Å². The Balaban J connectivity index is 1.55. The molecule has 0 unspecified atom stereocenters. The number of hydrogen-bond donors (Lipinski definition) is 1. The SMILES string of the molecule is COc1ccc2nc(C(=O)NCc3cccc4cccnc34)ccc2c1. The Kier molecular flexibility index (Phi) is 4.19. The van der Waals surface area contributed by atoms with Crippen molar-refractivity contribution < 1.29 is 9.53 Å². The number of carbonyl (C=O) groups excluding carboxylic acids is 1. The van der Waals surface area contributed by atoms with Crippen LogP contribution in [0.25, 0.3) is 21.8 Å². The van der Waals surface area contributed by atoms with E-state index in [9.17, 15) is 4.79 Å². The van der Waals surface area contributed by atoms with E-state index in [1.165, 1.54) is 0 Å². The topological polar surface area (TPSA) is 64.1 Å². The van der Waals surface area contributed by atoms with Crippen molar-refractivity contribution in [3.8, 4) is 5.75 Å². The molecule has 2 heterocycles. The van der Waals surface area contributed by atoms with Gasteiger partial charge in [-0.15, -0.1) is 0 Å². The number of para-hydroxylation sites is 1. The van der Waals surface area contributed by atoms with Crippen molar-refractivity contribution in [1.82, 2.24) is 15.3 Å². The Morgan fingerprint density at radius 1 is 1.04 bits per heavy atom. The van der Waals surface area contributed by atoms with Crippen LogP contribution >= 0.6 is 0 Å². The molecule has 1 N–H and O–H groups in total. The number of hydrogen-bond acceptors (Lipinski definition) is 4. The summed E-state index contributed by atoms with van der Waals surface area (Å²) in [4.78, 5) is 21.4. The average molecular weight is 343 g/mol. The first-order valence-corrected chi connectivity index (χ1v) is 8.30. The lowest BCUT2D eigenvalue weighted by Crippen LogP contribution is -2.24. The number of amides is 1. The van der Waals surface area contributed by atoms with Crippen molar-refractivity contribution in [1.29, 1.82) is 0 Å². The van der Waals surface area contributed by atoms with E-state index < -0.39 is 0 Å². The second-order valence-electron chi connectivity index (χ2n) is 5.93. The van der Waals surface area contributed by atoms with Gasteiger partial charge in [0.25, 0.3) is 5.91 Å². The number of rotatable bonds is 4. The molecule has 2 aromatic carbocycles. The summed E-state index contributed by atoms with van der Waals surface area (Å²) in [6, 6.07) is 19.0. The van der Waals surface area contributed by atoms with Crippen LogP contribution in [0.3, 0.4) is 0 Å². The quantitative estimate of drug-likeness (QED) is 0.613. The van der Waals surface area contributed by atoms with Gasteiger partial charge in [-0.05, 0) is 35.9 Å². The third-order valence-corrected chi connectivity index (χ3v) is 4.28. The summed E-state index contributed by atoms with van der Waals surface area (Å²) in [7, 11) is 1.62. The van der Waals surface area contributed by atoms with Crippen LogP contribution in [-0.4, -0.2) is 23.0 Å². The number of benzene rings is 2. The van der Waals surface area contributed by atoms with Gasteiger partial charge in [0.15, 0.2) is 0 Å². The van der Waals surface area contributed by atoms with Crippen LogP contribution in [0.4, 0.5) is 0 Å². The van der Waals surface area contributed by atoms with Crippen molar-refractivity contribution in [3.05, 3.63) is 78.1 Å². The second kappa shape index (κ2) is 6.80. The molecule has 5 heteroatoms. The molecule has 0 aliphatic rings. The molecule has 2 aromatic heterocycles. The number of ether oxygens (including phenoxy) is 1. The van der Waals surface area contributed by atoms with Crippen molar-refractivity contribution in [3.63, 3.8) is 0 Å². The van der Waals surface area contributed by atoms with Gasteiger partial charge in [0.1, 0.15) is 11.4 Å². The molecule has 0 aliphatic heterocycles. The minimum atomic E-state index is -0.212. The molecule has 26 heavy (non-hydrogen) atoms. The average Bonchev–Trinajstić information content (AvgIpc) is 2.71. The first-order chi connectivity index (χ1) is 12.7. The van der Waals surface area contributed by atoms with Gasteiger partial charge in [-0.25, -0.2) is 4.98 Å². The van der Waals surface area contributed by atoms with E-state index in [1.807, 2.05) is 54.6 Å². The molecule has 0 saturated heterocycles. The van der Waals surface area contributed by atoms with Crippen LogP contribution in [0.1, 0.15) is 16.1 Å². The van der Waals surface area contributed by atoms with Gasteiger partial charge in [-0.2, -0.15) is 0 Å². The summed E-state index contributed by atoms with van der Waals surface area (Å²) in [6.45, 7) is 0.398. The van der Waals surface area contributed by atoms with Crippen molar-refractivity contribution in [2.24, 2.45) is 0 Å². The van der Waals surface area contributed by atoms with Crippen molar-refractivity contribution >= 4 is 27.7 Å². The summed E-state index contributed by atoms with van der Waals surface area (Å²) in [5.41, 5.74) is 3.01. The highest BCUT2D eigenvalue weighted by Crippen LogP contribution is 2.20. The van der Waals surface area contributed by atoms with Gasteiger partial charge in [0, 0.05) is 23.5 Å². The summed E-state index contributed by atoms with van der Waals surface area (Å²) >= 11 is 0. The molecular weight excluding hydrogens is 326 g/mol. The van der Waals surface area contributed by atoms with Crippen LogP contribution in [0, 0.1) is 0 Å². The maximum atomic E-state index is 12.5. The van der Waals surface area contributed by atoms with E-state index in [-0.39, 0.29) is 5.91 Å². The van der Waals surface area contributed by atoms with Gasteiger partial charge >= 0.3 is 0 Å². The fourth-order valence-electron chi connectivity index (χ4n) is 2.93. The molecule has 0 saturated carbocycles. The van der Waals surface area contributed by atoms with E-state index in [0.717, 1.165) is 33.1 Å². The molecular formula is C21H17N3O2. The molecule has 5 nitrogen and oxygen atoms in total. The molecule has 0 aliphatic carbocycles. The molecule has 128 valence electrons. The zero-order valence-corrected chi connectivity index (χ0v) is 14.3. The Labute approximate surface area is 150 Å². The zero-order chi connectivity index (χ0) is 17.9. The first kappa shape index (κ1) is 16.0. The smallest absolute Gasteiger partial charge is 0.270 e. The Morgan fingerprint density at radius 2 is 1.92 bits per heavy atom. The van der Waals surface area contributed by atoms with E-state index in [1.54, 1.807) is 19.4 Å². The molecule has 0 fully saturated rings. The van der Waals surface area contributed by atoms with Gasteiger partial charge < -0.3 is 10.1 Å². The Morgan fingerprint density at radius 3 is 2.81 bits per heavy atom. The predicted molar refractivity (Wildman–Crippen MR) is 101 cm³/mol. The largest absolute Gasteiger partial charge is 0.497 e. The maximum absolute atomic E-state index is 12.5. The van der Waals surface area contributed by atoms with Crippen LogP contribution < -0.4 is 10.1 Å². The standard InChI is InChI=1S/C21H17N3O2/c1-26-17-8-10-18-15(12-17)7-9-19(24-18)21(25)23-13-16-5-2-4-14-6-3-11-22-20(14)16/h2-12H,13H2,1H3,(H,23,25). The number of aromatic nitrogens is 2. The van der Waals surface area contributed by atoms with Crippen LogP contribution in [0.2, 0.25) is 0 Å². The number of nitrogens with zero attached hydrogens (tertiary/aromatic N) is 2. The highest BCUT2D eigenvalue weighted by Gasteiger charge is 2.10. The maximum Gasteiger partial charge on any atom is 0.270 e. The summed E-state index contributed by atoms with van der Waals surface area (Å²) in [5.74, 6) is 0.551. The van der Waals surface area contributed by atoms with Gasteiger partial charge in [-0.3, -0.25) is 9.78 Å². The third-order valence-electron chi connectivity index (χ3n) is 4.28. The van der Waals surface area contributed by atoms with Gasteiger partial charge in [-0.1, -0.05) is 30.3 Å². The van der Waals surface area contributed by atoms with E-state index in [4.69, 9.17) is 4.74 Å². The molecule has 0 bridgehead atoms. The van der Waals surface area contributed by atoms with Crippen LogP contribution in [0.15, 0.2) is 66.9 Å². The summed E-state index contributed by atoms with van der Waals surface area (Å²) in [6.07, 6.45) is 1.76. The fraction of sp³-hybridized carbons (Fsp3) is 0.0952. The zero-order valence-electron chi connectivity index (χ0n) is 14.3. The summed E-state index contributed by atoms with van der Waals surface area (Å²) in [5, 5.41) is 4.91. The first-order valence-electron chi connectivity index (χ1n) is 8.30. The number of fused-ring (bicyclic) bond motifs is 2. The predicted octanol–water partition coefficient (Wildman–Crippen LogP) is 3.72. The second-order valence-corrected chi connectivity index (χ2v) is 5.93. The van der Waals surface area contributed by atoms with Gasteiger partial charge in [0.2, 0.25) is 0 Å². The number of pyridine rings is 2. The molecule has 4 aromatic rings. The number of carbonyl (C=O) groups is 1. The molecule has 1 amide bonds. The fourth-order valence-corrected chi connectivity index (χ4v) is 2.93.